The van der Waals surface area contributed by atoms with E-state index in [1.165, 1.54) is 4.90 Å². The highest BCUT2D eigenvalue weighted by Gasteiger charge is 2.64. The lowest BCUT2D eigenvalue weighted by molar-refractivity contribution is -0.153. The van der Waals surface area contributed by atoms with E-state index >= 15 is 0 Å². The van der Waals surface area contributed by atoms with Gasteiger partial charge in [-0.05, 0) is 74.7 Å². The standard InChI is InChI=1S/C31H43N3O7/c1-30(2,3)11-9-8-10-15-14-19(33(4)5)17-12-16-13-18-23(34(6)7)26(37)22(29(32)40)28(39)31(18,41)27(38)20(16)25(36)21(17)24(15)35/h14,16,18,23,35-36,39,41H,8-13H2,1-7H3,(H2,32,40)/t16-,18-,23?,31-/m0/s1. The molecule has 0 radical (unpaired) electrons. The molecule has 10 heteroatoms. The third-order valence-electron chi connectivity index (χ3n) is 8.88. The summed E-state index contributed by atoms with van der Waals surface area (Å²) < 4.78 is 0. The molecule has 1 saturated carbocycles. The molecule has 1 fully saturated rings. The Morgan fingerprint density at radius 2 is 1.73 bits per heavy atom. The van der Waals surface area contributed by atoms with E-state index in [0.717, 1.165) is 24.9 Å². The molecule has 41 heavy (non-hydrogen) atoms. The Bertz CT molecular complexity index is 1370. The first-order chi connectivity index (χ1) is 18.9. The number of unbranched alkanes of at least 4 members (excludes halogenated alkanes) is 1. The van der Waals surface area contributed by atoms with Gasteiger partial charge in [0, 0.05) is 31.3 Å². The van der Waals surface area contributed by atoms with Crippen molar-refractivity contribution in [2.24, 2.45) is 23.0 Å². The number of nitrogens with zero attached hydrogens (tertiary/aromatic N) is 2. The van der Waals surface area contributed by atoms with Crippen molar-refractivity contribution >= 4 is 28.9 Å². The maximum atomic E-state index is 14.1. The number of Topliss-reactive ketones (excluding diaryl/α,β-unsaturated/α-hetero) is 2. The van der Waals surface area contributed by atoms with E-state index in [-0.39, 0.29) is 35.1 Å². The number of hydrogen-bond donors (Lipinski definition) is 5. The second-order valence-corrected chi connectivity index (χ2v) is 13.4. The molecule has 3 aliphatic carbocycles. The zero-order chi connectivity index (χ0) is 30.8. The number of amides is 1. The van der Waals surface area contributed by atoms with Crippen LogP contribution in [0, 0.1) is 17.3 Å². The molecule has 1 amide bonds. The first kappa shape index (κ1) is 30.6. The predicted molar refractivity (Wildman–Crippen MR) is 156 cm³/mol. The molecule has 0 saturated heterocycles. The molecule has 0 heterocycles. The van der Waals surface area contributed by atoms with Crippen LogP contribution in [-0.2, 0) is 27.2 Å². The number of carbonyl (C=O) groups is 3. The fraction of sp³-hybridized carbons (Fsp3) is 0.581. The van der Waals surface area contributed by atoms with Crippen molar-refractivity contribution in [1.29, 1.82) is 0 Å². The van der Waals surface area contributed by atoms with Crippen LogP contribution in [0.5, 0.6) is 5.75 Å². The lowest BCUT2D eigenvalue weighted by Gasteiger charge is -2.50. The molecule has 4 atom stereocenters. The highest BCUT2D eigenvalue weighted by Crippen LogP contribution is 2.54. The summed E-state index contributed by atoms with van der Waals surface area (Å²) in [7, 11) is 6.90. The van der Waals surface area contributed by atoms with E-state index in [1.54, 1.807) is 14.1 Å². The van der Waals surface area contributed by atoms with E-state index in [2.05, 4.69) is 20.8 Å². The summed E-state index contributed by atoms with van der Waals surface area (Å²) in [6, 6.07) is 0.815. The van der Waals surface area contributed by atoms with Crippen molar-refractivity contribution in [3.63, 3.8) is 0 Å². The van der Waals surface area contributed by atoms with E-state index in [9.17, 15) is 34.8 Å². The van der Waals surface area contributed by atoms with Crippen molar-refractivity contribution in [3.8, 4) is 5.75 Å². The van der Waals surface area contributed by atoms with E-state index in [1.807, 2.05) is 25.1 Å². The van der Waals surface area contributed by atoms with Crippen LogP contribution in [-0.4, -0.2) is 82.6 Å². The van der Waals surface area contributed by atoms with Crippen LogP contribution in [0.15, 0.2) is 23.0 Å². The average molecular weight is 570 g/mol. The second kappa shape index (κ2) is 10.5. The fourth-order valence-corrected chi connectivity index (χ4v) is 6.91. The van der Waals surface area contributed by atoms with Crippen LogP contribution >= 0.6 is 0 Å². The van der Waals surface area contributed by atoms with Crippen LogP contribution < -0.4 is 10.6 Å². The van der Waals surface area contributed by atoms with Gasteiger partial charge < -0.3 is 31.1 Å². The number of phenolic OH excluding ortho intramolecular Hbond substituents is 1. The quantitative estimate of drug-likeness (QED) is 0.245. The van der Waals surface area contributed by atoms with Gasteiger partial charge in [-0.15, -0.1) is 0 Å². The zero-order valence-corrected chi connectivity index (χ0v) is 25.0. The lowest BCUT2D eigenvalue weighted by atomic mass is 9.57. The summed E-state index contributed by atoms with van der Waals surface area (Å²) in [5, 5.41) is 45.8. The molecular formula is C31H43N3O7. The SMILES string of the molecule is CN(C)c1cc(CCCCC(C)(C)C)c(O)c2c1C[C@H]1C[C@H]3C(N(C)C)C(=O)C(C(N)=O)=C(O)[C@@]3(O)C(=O)C1=C2O. The Morgan fingerprint density at radius 3 is 2.27 bits per heavy atom. The van der Waals surface area contributed by atoms with Gasteiger partial charge in [-0.3, -0.25) is 19.3 Å². The van der Waals surface area contributed by atoms with Crippen LogP contribution in [0.1, 0.15) is 63.1 Å². The number of fused-ring (bicyclic) bond motifs is 3. The van der Waals surface area contributed by atoms with Gasteiger partial charge in [-0.1, -0.05) is 27.2 Å². The van der Waals surface area contributed by atoms with E-state index in [0.29, 0.717) is 17.5 Å². The van der Waals surface area contributed by atoms with Gasteiger partial charge in [0.25, 0.3) is 5.91 Å². The number of rotatable bonds is 7. The Labute approximate surface area is 241 Å². The molecule has 4 rings (SSSR count). The number of aromatic hydroxyl groups is 1. The van der Waals surface area contributed by atoms with Crippen LogP contribution in [0.4, 0.5) is 5.69 Å². The molecule has 10 nitrogen and oxygen atoms in total. The largest absolute Gasteiger partial charge is 0.508 e. The van der Waals surface area contributed by atoms with Crippen molar-refractivity contribution < 1.29 is 34.8 Å². The van der Waals surface area contributed by atoms with Gasteiger partial charge in [0.05, 0.1) is 11.6 Å². The maximum absolute atomic E-state index is 14.1. The fourth-order valence-electron chi connectivity index (χ4n) is 6.91. The van der Waals surface area contributed by atoms with Crippen molar-refractivity contribution in [3.05, 3.63) is 39.7 Å². The minimum Gasteiger partial charge on any atom is -0.508 e. The third-order valence-corrected chi connectivity index (χ3v) is 8.88. The molecule has 0 bridgehead atoms. The van der Waals surface area contributed by atoms with Crippen LogP contribution in [0.2, 0.25) is 0 Å². The summed E-state index contributed by atoms with van der Waals surface area (Å²) in [5.74, 6) is -6.38. The lowest BCUT2D eigenvalue weighted by Crippen LogP contribution is -2.65. The number of aryl methyl sites for hydroxylation is 1. The molecule has 1 aromatic carbocycles. The van der Waals surface area contributed by atoms with Crippen molar-refractivity contribution in [2.45, 2.75) is 70.9 Å². The third kappa shape index (κ3) is 4.91. The minimum atomic E-state index is -2.64. The summed E-state index contributed by atoms with van der Waals surface area (Å²) in [6.45, 7) is 6.53. The molecule has 1 unspecified atom stereocenters. The van der Waals surface area contributed by atoms with Crippen LogP contribution in [0.25, 0.3) is 5.76 Å². The topological polar surface area (TPSA) is 165 Å². The monoisotopic (exact) mass is 569 g/mol. The number of nitrogens with two attached hydrogens (primary N) is 1. The number of hydrogen-bond acceptors (Lipinski definition) is 9. The molecule has 0 aliphatic heterocycles. The Kier molecular flexibility index (Phi) is 7.81. The number of primary amides is 1. The molecule has 6 N–H and O–H groups in total. The number of ketones is 2. The smallest absolute Gasteiger partial charge is 0.255 e. The van der Waals surface area contributed by atoms with Crippen molar-refractivity contribution in [1.82, 2.24) is 4.90 Å². The van der Waals surface area contributed by atoms with Gasteiger partial charge in [0.15, 0.2) is 11.4 Å². The van der Waals surface area contributed by atoms with Gasteiger partial charge in [0.2, 0.25) is 5.78 Å². The number of aliphatic hydroxyl groups excluding tert-OH is 2. The van der Waals surface area contributed by atoms with Gasteiger partial charge in [-0.2, -0.15) is 0 Å². The Balaban J connectivity index is 1.87. The summed E-state index contributed by atoms with van der Waals surface area (Å²) >= 11 is 0. The number of anilines is 1. The van der Waals surface area contributed by atoms with Gasteiger partial charge in [0.1, 0.15) is 22.8 Å². The molecular weight excluding hydrogens is 526 g/mol. The second-order valence-electron chi connectivity index (χ2n) is 13.4. The summed E-state index contributed by atoms with van der Waals surface area (Å²) in [4.78, 5) is 42.9. The van der Waals surface area contributed by atoms with Crippen molar-refractivity contribution in [2.75, 3.05) is 33.1 Å². The summed E-state index contributed by atoms with van der Waals surface area (Å²) in [6.07, 6.45) is 3.70. The van der Waals surface area contributed by atoms with Crippen LogP contribution in [0.3, 0.4) is 0 Å². The minimum absolute atomic E-state index is 0.0634. The first-order valence-electron chi connectivity index (χ1n) is 14.1. The number of likely N-dealkylation sites (N-methyl/N-ethyl adjacent to an activating group) is 1. The Hall–Kier alpha value is -3.37. The first-order valence-corrected chi connectivity index (χ1v) is 14.1. The highest BCUT2D eigenvalue weighted by atomic mass is 16.3. The van der Waals surface area contributed by atoms with E-state index in [4.69, 9.17) is 5.73 Å². The number of phenols is 1. The van der Waals surface area contributed by atoms with Gasteiger partial charge in [-0.25, -0.2) is 0 Å². The molecule has 0 aromatic heterocycles. The zero-order valence-electron chi connectivity index (χ0n) is 25.0. The van der Waals surface area contributed by atoms with E-state index < -0.39 is 58.0 Å². The van der Waals surface area contributed by atoms with Gasteiger partial charge >= 0.3 is 0 Å². The molecule has 224 valence electrons. The predicted octanol–water partition coefficient (Wildman–Crippen LogP) is 2.79. The summed E-state index contributed by atoms with van der Waals surface area (Å²) in [5.41, 5.74) is 4.22. The average Bonchev–Trinajstić information content (AvgIpc) is 2.83. The number of carbonyl (C=O) groups excluding carboxylic acids is 3. The molecule has 0 spiro atoms. The normalized spacial score (nSPS) is 26.2. The number of aliphatic hydroxyl groups is 3. The maximum Gasteiger partial charge on any atom is 0.255 e. The highest BCUT2D eigenvalue weighted by molar-refractivity contribution is 6.24. The molecule has 1 aromatic rings. The number of benzene rings is 1. The molecule has 3 aliphatic rings. The Morgan fingerprint density at radius 1 is 1.10 bits per heavy atom.